The van der Waals surface area contributed by atoms with Gasteiger partial charge in [0.05, 0.1) is 6.61 Å². The fourth-order valence-electron chi connectivity index (χ4n) is 3.38. The van der Waals surface area contributed by atoms with Crippen molar-refractivity contribution in [2.75, 3.05) is 25.2 Å². The van der Waals surface area contributed by atoms with Gasteiger partial charge in [0, 0.05) is 24.6 Å². The Bertz CT molecular complexity index is 675. The molecule has 2 heterocycles. The molecular weight excluding hydrogens is 306 g/mol. The number of H-pyrrole nitrogens is 1. The van der Waals surface area contributed by atoms with Crippen molar-refractivity contribution in [3.63, 3.8) is 0 Å². The van der Waals surface area contributed by atoms with Gasteiger partial charge in [0.15, 0.2) is 0 Å². The molecule has 1 aliphatic heterocycles. The maximum Gasteiger partial charge on any atom is 0.248 e. The first-order valence-corrected chi connectivity index (χ1v) is 10.3. The van der Waals surface area contributed by atoms with Crippen molar-refractivity contribution in [2.24, 2.45) is 5.92 Å². The van der Waals surface area contributed by atoms with E-state index in [1.54, 1.807) is 13.2 Å². The molecule has 1 unspecified atom stereocenters. The Kier molecular flexibility index (Phi) is 5.23. The van der Waals surface area contributed by atoms with Gasteiger partial charge >= 0.3 is 0 Å². The van der Waals surface area contributed by atoms with E-state index in [0.717, 1.165) is 36.8 Å². The summed E-state index contributed by atoms with van der Waals surface area (Å²) in [5.74, 6) is 3.13. The standard InChI is InChI=1S/C19H25NO2S/c1-22-11-14-23(12-2-3-13-23)15-16-7-9-17(10-8-16)18-5-4-6-19(21)20-18/h2-6,9,12-13,16H,7-8,10-11,14-15H2,1H3,(H,20,21). The Hall–Kier alpha value is -1.52. The largest absolute Gasteiger partial charge is 0.384 e. The Morgan fingerprint density at radius 1 is 1.30 bits per heavy atom. The molecule has 1 aromatic rings. The number of aromatic amines is 1. The summed E-state index contributed by atoms with van der Waals surface area (Å²) in [5.41, 5.74) is 2.25. The number of pyridine rings is 1. The number of nitrogens with one attached hydrogen (secondary N) is 1. The Labute approximate surface area is 139 Å². The summed E-state index contributed by atoms with van der Waals surface area (Å²) < 4.78 is 5.31. The summed E-state index contributed by atoms with van der Waals surface area (Å²) in [5, 5.41) is 4.83. The van der Waals surface area contributed by atoms with Crippen LogP contribution in [0, 0.1) is 5.92 Å². The Balaban J connectivity index is 1.65. The maximum absolute atomic E-state index is 11.5. The summed E-state index contributed by atoms with van der Waals surface area (Å²) in [6.45, 7) is 0.836. The molecule has 0 fully saturated rings. The molecule has 124 valence electrons. The average Bonchev–Trinajstić information content (AvgIpc) is 3.02. The monoisotopic (exact) mass is 331 g/mol. The number of methoxy groups -OCH3 is 1. The van der Waals surface area contributed by atoms with Crippen molar-refractivity contribution < 1.29 is 4.74 Å². The first-order chi connectivity index (χ1) is 11.2. The number of hydrogen-bond acceptors (Lipinski definition) is 2. The van der Waals surface area contributed by atoms with E-state index in [2.05, 4.69) is 34.0 Å². The van der Waals surface area contributed by atoms with Crippen molar-refractivity contribution in [1.29, 1.82) is 0 Å². The topological polar surface area (TPSA) is 42.1 Å². The molecule has 0 bridgehead atoms. The van der Waals surface area contributed by atoms with E-state index in [1.807, 2.05) is 12.1 Å². The zero-order valence-corrected chi connectivity index (χ0v) is 14.5. The van der Waals surface area contributed by atoms with Crippen LogP contribution in [0.5, 0.6) is 0 Å². The van der Waals surface area contributed by atoms with Crippen molar-refractivity contribution >= 4 is 15.6 Å². The van der Waals surface area contributed by atoms with Gasteiger partial charge in [-0.3, -0.25) is 4.79 Å². The predicted molar refractivity (Wildman–Crippen MR) is 99.9 cm³/mol. The van der Waals surface area contributed by atoms with Crippen molar-refractivity contribution in [1.82, 2.24) is 4.98 Å². The van der Waals surface area contributed by atoms with Gasteiger partial charge in [0.1, 0.15) is 0 Å². The van der Waals surface area contributed by atoms with Gasteiger partial charge in [-0.2, -0.15) is 10.0 Å². The summed E-state index contributed by atoms with van der Waals surface area (Å²) >= 11 is 0. The summed E-state index contributed by atoms with van der Waals surface area (Å²) in [7, 11) is 0.999. The third kappa shape index (κ3) is 4.06. The second-order valence-corrected chi connectivity index (χ2v) is 9.63. The van der Waals surface area contributed by atoms with Crippen LogP contribution < -0.4 is 5.56 Å². The highest BCUT2D eigenvalue weighted by Gasteiger charge is 2.26. The lowest BCUT2D eigenvalue weighted by Crippen LogP contribution is -2.18. The van der Waals surface area contributed by atoms with Crippen LogP contribution in [0.2, 0.25) is 0 Å². The molecule has 0 aromatic carbocycles. The molecule has 1 aromatic heterocycles. The van der Waals surface area contributed by atoms with E-state index >= 15 is 0 Å². The molecular formula is C19H25NO2S. The zero-order valence-electron chi connectivity index (χ0n) is 13.7. The second-order valence-electron chi connectivity index (χ2n) is 6.33. The smallest absolute Gasteiger partial charge is 0.248 e. The molecule has 3 nitrogen and oxygen atoms in total. The van der Waals surface area contributed by atoms with Gasteiger partial charge in [-0.1, -0.05) is 24.3 Å². The van der Waals surface area contributed by atoms with Crippen LogP contribution in [0.25, 0.3) is 5.57 Å². The highest BCUT2D eigenvalue weighted by Crippen LogP contribution is 2.56. The minimum atomic E-state index is -0.785. The molecule has 0 spiro atoms. The van der Waals surface area contributed by atoms with E-state index in [0.29, 0.717) is 0 Å². The first kappa shape index (κ1) is 16.3. The van der Waals surface area contributed by atoms with Gasteiger partial charge in [-0.25, -0.2) is 0 Å². The van der Waals surface area contributed by atoms with Crippen molar-refractivity contribution in [3.8, 4) is 0 Å². The molecule has 1 N–H and O–H groups in total. The third-order valence-corrected chi connectivity index (χ3v) is 8.07. The van der Waals surface area contributed by atoms with Gasteiger partial charge in [0.2, 0.25) is 5.56 Å². The molecule has 0 radical (unpaired) electrons. The van der Waals surface area contributed by atoms with Crippen molar-refractivity contribution in [3.05, 3.63) is 63.3 Å². The van der Waals surface area contributed by atoms with Crippen LogP contribution in [-0.4, -0.2) is 30.2 Å². The number of ether oxygens (including phenoxy) is 1. The van der Waals surface area contributed by atoms with Crippen molar-refractivity contribution in [2.45, 2.75) is 19.3 Å². The summed E-state index contributed by atoms with van der Waals surface area (Å²) in [6.07, 6.45) is 10.1. The number of hydrogen-bond donors (Lipinski definition) is 1. The lowest BCUT2D eigenvalue weighted by Gasteiger charge is -2.36. The fourth-order valence-corrected chi connectivity index (χ4v) is 6.59. The molecule has 0 saturated carbocycles. The van der Waals surface area contributed by atoms with Gasteiger partial charge in [0.25, 0.3) is 0 Å². The molecule has 23 heavy (non-hydrogen) atoms. The lowest BCUT2D eigenvalue weighted by molar-refractivity contribution is 0.218. The molecule has 3 rings (SSSR count). The van der Waals surface area contributed by atoms with E-state index < -0.39 is 10.0 Å². The summed E-state index contributed by atoms with van der Waals surface area (Å²) in [4.78, 5) is 14.4. The van der Waals surface area contributed by atoms with Crippen LogP contribution in [0.3, 0.4) is 0 Å². The molecule has 4 heteroatoms. The molecule has 2 aliphatic rings. The zero-order chi connectivity index (χ0) is 16.1. The van der Waals surface area contributed by atoms with E-state index in [-0.39, 0.29) is 5.56 Å². The lowest BCUT2D eigenvalue weighted by atomic mass is 9.89. The molecule has 0 amide bonds. The van der Waals surface area contributed by atoms with Crippen LogP contribution in [0.1, 0.15) is 25.0 Å². The van der Waals surface area contributed by atoms with E-state index in [4.69, 9.17) is 4.74 Å². The van der Waals surface area contributed by atoms with Crippen LogP contribution in [0.15, 0.2) is 52.0 Å². The van der Waals surface area contributed by atoms with Crippen LogP contribution in [0.4, 0.5) is 0 Å². The van der Waals surface area contributed by atoms with Gasteiger partial charge in [-0.15, -0.1) is 0 Å². The molecule has 0 saturated heterocycles. The average molecular weight is 331 g/mol. The van der Waals surface area contributed by atoms with Gasteiger partial charge in [-0.05, 0) is 53.4 Å². The van der Waals surface area contributed by atoms with E-state index in [9.17, 15) is 4.79 Å². The predicted octanol–water partition coefficient (Wildman–Crippen LogP) is 4.05. The SMILES string of the molecule is COCCS1(CC2CC=C(c3cccc(=O)[nH]3)CC2)C=CC=C1. The summed E-state index contributed by atoms with van der Waals surface area (Å²) in [6, 6.07) is 5.40. The number of allylic oxidation sites excluding steroid dienone is 4. The van der Waals surface area contributed by atoms with Crippen LogP contribution in [-0.2, 0) is 4.74 Å². The second kappa shape index (κ2) is 7.37. The minimum absolute atomic E-state index is 0.0188. The maximum atomic E-state index is 11.5. The number of rotatable bonds is 6. The highest BCUT2D eigenvalue weighted by molar-refractivity contribution is 8.38. The molecule has 1 aliphatic carbocycles. The minimum Gasteiger partial charge on any atom is -0.384 e. The first-order valence-electron chi connectivity index (χ1n) is 8.22. The Morgan fingerprint density at radius 2 is 2.13 bits per heavy atom. The fraction of sp³-hybridized carbons (Fsp3) is 0.421. The third-order valence-electron chi connectivity index (χ3n) is 4.66. The van der Waals surface area contributed by atoms with Crippen LogP contribution >= 0.6 is 10.0 Å². The van der Waals surface area contributed by atoms with E-state index in [1.165, 1.54) is 17.7 Å². The van der Waals surface area contributed by atoms with Gasteiger partial charge < -0.3 is 9.72 Å². The highest BCUT2D eigenvalue weighted by atomic mass is 32.3. The number of aromatic nitrogens is 1. The Morgan fingerprint density at radius 3 is 2.78 bits per heavy atom. The normalized spacial score (nSPS) is 23.7. The molecule has 1 atom stereocenters. The quantitative estimate of drug-likeness (QED) is 0.854.